The molecule has 1 atom stereocenters. The minimum Gasteiger partial charge on any atom is -0.341 e. The highest BCUT2D eigenvalue weighted by atomic mass is 32.2. The molecule has 1 unspecified atom stereocenters. The Balaban J connectivity index is 2.15. The summed E-state index contributed by atoms with van der Waals surface area (Å²) in [6.45, 7) is -0.186. The van der Waals surface area contributed by atoms with Gasteiger partial charge in [0.25, 0.3) is 0 Å². The number of benzene rings is 1. The van der Waals surface area contributed by atoms with E-state index >= 15 is 0 Å². The molecule has 1 aliphatic heterocycles. The lowest BCUT2D eigenvalue weighted by Gasteiger charge is -2.20. The number of alkyl halides is 3. The van der Waals surface area contributed by atoms with E-state index in [-0.39, 0.29) is 25.3 Å². The third-order valence-corrected chi connectivity index (χ3v) is 5.74. The predicted molar refractivity (Wildman–Crippen MR) is 74.8 cm³/mol. The van der Waals surface area contributed by atoms with Crippen molar-refractivity contribution in [1.29, 1.82) is 0 Å². The van der Waals surface area contributed by atoms with Crippen LogP contribution in [0, 0.1) is 0 Å². The van der Waals surface area contributed by atoms with Gasteiger partial charge < -0.3 is 4.90 Å². The first-order valence-corrected chi connectivity index (χ1v) is 8.51. The molecule has 0 aromatic heterocycles. The molecule has 122 valence electrons. The topological polar surface area (TPSA) is 54.5 Å². The molecule has 1 amide bonds. The Morgan fingerprint density at radius 1 is 1.18 bits per heavy atom. The van der Waals surface area contributed by atoms with Crippen molar-refractivity contribution < 1.29 is 26.4 Å². The van der Waals surface area contributed by atoms with Crippen LogP contribution in [0.3, 0.4) is 0 Å². The van der Waals surface area contributed by atoms with Crippen molar-refractivity contribution in [1.82, 2.24) is 4.90 Å². The van der Waals surface area contributed by atoms with E-state index < -0.39 is 33.6 Å². The van der Waals surface area contributed by atoms with Crippen LogP contribution < -0.4 is 0 Å². The normalized spacial score (nSPS) is 22.1. The SMILES string of the molecule is O=C(CC(F)(F)F)N1CCC(c2ccccc2)S(=O)(=O)CC1. The number of rotatable bonds is 2. The number of amides is 1. The van der Waals surface area contributed by atoms with Crippen molar-refractivity contribution in [2.75, 3.05) is 18.8 Å². The zero-order valence-corrected chi connectivity index (χ0v) is 12.5. The number of hydrogen-bond donors (Lipinski definition) is 0. The molecular formula is C14H16F3NO3S. The van der Waals surface area contributed by atoms with Gasteiger partial charge in [-0.15, -0.1) is 0 Å². The lowest BCUT2D eigenvalue weighted by molar-refractivity contribution is -0.161. The maximum Gasteiger partial charge on any atom is 0.397 e. The van der Waals surface area contributed by atoms with Gasteiger partial charge in [0.15, 0.2) is 9.84 Å². The highest BCUT2D eigenvalue weighted by Gasteiger charge is 2.37. The fraction of sp³-hybridized carbons (Fsp3) is 0.500. The van der Waals surface area contributed by atoms with Crippen LogP contribution in [0.1, 0.15) is 23.7 Å². The van der Waals surface area contributed by atoms with Crippen molar-refractivity contribution in [3.63, 3.8) is 0 Å². The number of nitrogens with zero attached hydrogens (tertiary/aromatic N) is 1. The van der Waals surface area contributed by atoms with Crippen LogP contribution in [0.4, 0.5) is 13.2 Å². The Labute approximate surface area is 126 Å². The van der Waals surface area contributed by atoms with Crippen LogP contribution in [0.5, 0.6) is 0 Å². The molecule has 0 saturated carbocycles. The van der Waals surface area contributed by atoms with Crippen LogP contribution in [0.2, 0.25) is 0 Å². The van der Waals surface area contributed by atoms with Crippen LogP contribution >= 0.6 is 0 Å². The average molecular weight is 335 g/mol. The number of sulfone groups is 1. The molecule has 2 rings (SSSR count). The number of halogens is 3. The molecule has 0 bridgehead atoms. The molecule has 0 spiro atoms. The summed E-state index contributed by atoms with van der Waals surface area (Å²) in [6, 6.07) is 8.53. The lowest BCUT2D eigenvalue weighted by atomic mass is 10.1. The summed E-state index contributed by atoms with van der Waals surface area (Å²) in [5.41, 5.74) is 0.604. The molecule has 0 radical (unpaired) electrons. The van der Waals surface area contributed by atoms with Gasteiger partial charge in [0.1, 0.15) is 6.42 Å². The van der Waals surface area contributed by atoms with E-state index in [1.807, 2.05) is 0 Å². The summed E-state index contributed by atoms with van der Waals surface area (Å²) in [6.07, 6.45) is -6.03. The second-order valence-corrected chi connectivity index (χ2v) is 7.53. The Kier molecular flexibility index (Phi) is 4.79. The van der Waals surface area contributed by atoms with Crippen molar-refractivity contribution in [3.8, 4) is 0 Å². The fourth-order valence-electron chi connectivity index (χ4n) is 2.52. The molecule has 8 heteroatoms. The third-order valence-electron chi connectivity index (χ3n) is 3.62. The van der Waals surface area contributed by atoms with E-state index in [9.17, 15) is 26.4 Å². The van der Waals surface area contributed by atoms with Crippen LogP contribution in [0.25, 0.3) is 0 Å². The quantitative estimate of drug-likeness (QED) is 0.833. The zero-order chi connectivity index (χ0) is 16.4. The molecule has 1 saturated heterocycles. The van der Waals surface area contributed by atoms with Gasteiger partial charge in [-0.05, 0) is 12.0 Å². The molecule has 1 fully saturated rings. The second kappa shape index (κ2) is 6.28. The van der Waals surface area contributed by atoms with E-state index in [4.69, 9.17) is 0 Å². The number of carbonyl (C=O) groups is 1. The first-order valence-electron chi connectivity index (χ1n) is 6.80. The monoisotopic (exact) mass is 335 g/mol. The van der Waals surface area contributed by atoms with Gasteiger partial charge in [-0.3, -0.25) is 4.79 Å². The summed E-state index contributed by atoms with van der Waals surface area (Å²) in [5, 5.41) is -0.780. The molecule has 0 aliphatic carbocycles. The number of carbonyl (C=O) groups excluding carboxylic acids is 1. The Morgan fingerprint density at radius 3 is 2.41 bits per heavy atom. The summed E-state index contributed by atoms with van der Waals surface area (Å²) in [5.74, 6) is -1.40. The van der Waals surface area contributed by atoms with E-state index in [1.54, 1.807) is 30.3 Å². The van der Waals surface area contributed by atoms with Crippen molar-refractivity contribution in [3.05, 3.63) is 35.9 Å². The summed E-state index contributed by atoms with van der Waals surface area (Å²) in [7, 11) is -3.50. The van der Waals surface area contributed by atoms with Crippen LogP contribution in [-0.2, 0) is 14.6 Å². The van der Waals surface area contributed by atoms with Gasteiger partial charge in [-0.2, -0.15) is 13.2 Å². The summed E-state index contributed by atoms with van der Waals surface area (Å²) < 4.78 is 61.5. The minimum absolute atomic E-state index is 0.00764. The van der Waals surface area contributed by atoms with Crippen LogP contribution in [-0.4, -0.2) is 44.2 Å². The van der Waals surface area contributed by atoms with E-state index in [1.165, 1.54) is 0 Å². The maximum atomic E-state index is 12.3. The molecule has 1 aromatic rings. The molecule has 22 heavy (non-hydrogen) atoms. The molecule has 1 heterocycles. The van der Waals surface area contributed by atoms with Crippen molar-refractivity contribution in [2.24, 2.45) is 0 Å². The molecule has 1 aliphatic rings. The highest BCUT2D eigenvalue weighted by molar-refractivity contribution is 7.91. The zero-order valence-electron chi connectivity index (χ0n) is 11.7. The largest absolute Gasteiger partial charge is 0.397 e. The first kappa shape index (κ1) is 16.8. The van der Waals surface area contributed by atoms with Crippen LogP contribution in [0.15, 0.2) is 30.3 Å². The van der Waals surface area contributed by atoms with E-state index in [2.05, 4.69) is 0 Å². The molecule has 4 nitrogen and oxygen atoms in total. The third kappa shape index (κ3) is 4.22. The van der Waals surface area contributed by atoms with E-state index in [0.29, 0.717) is 5.56 Å². The van der Waals surface area contributed by atoms with Gasteiger partial charge in [0, 0.05) is 13.1 Å². The second-order valence-electron chi connectivity index (χ2n) is 5.23. The average Bonchev–Trinajstić information content (AvgIpc) is 2.56. The molecule has 1 aromatic carbocycles. The standard InChI is InChI=1S/C14H16F3NO3S/c15-14(16,17)10-13(19)18-7-6-12(22(20,21)9-8-18)11-4-2-1-3-5-11/h1-5,12H,6-10H2. The summed E-state index contributed by atoms with van der Waals surface area (Å²) >= 11 is 0. The fourth-order valence-corrected chi connectivity index (χ4v) is 4.31. The molecular weight excluding hydrogens is 319 g/mol. The smallest absolute Gasteiger partial charge is 0.341 e. The molecule has 0 N–H and O–H groups in total. The van der Waals surface area contributed by atoms with Gasteiger partial charge in [0.05, 0.1) is 11.0 Å². The summed E-state index contributed by atoms with van der Waals surface area (Å²) in [4.78, 5) is 12.6. The maximum absolute atomic E-state index is 12.3. The first-order chi connectivity index (χ1) is 10.2. The van der Waals surface area contributed by atoms with Crippen molar-refractivity contribution in [2.45, 2.75) is 24.3 Å². The van der Waals surface area contributed by atoms with Gasteiger partial charge in [-0.25, -0.2) is 8.42 Å². The van der Waals surface area contributed by atoms with Gasteiger partial charge in [0.2, 0.25) is 5.91 Å². The number of hydrogen-bond acceptors (Lipinski definition) is 3. The Bertz CT molecular complexity index is 628. The van der Waals surface area contributed by atoms with E-state index in [0.717, 1.165) is 4.90 Å². The highest BCUT2D eigenvalue weighted by Crippen LogP contribution is 2.30. The lowest BCUT2D eigenvalue weighted by Crippen LogP contribution is -2.36. The Hall–Kier alpha value is -1.57. The van der Waals surface area contributed by atoms with Gasteiger partial charge in [-0.1, -0.05) is 30.3 Å². The Morgan fingerprint density at radius 2 is 1.82 bits per heavy atom. The van der Waals surface area contributed by atoms with Gasteiger partial charge >= 0.3 is 6.18 Å². The van der Waals surface area contributed by atoms with Crippen molar-refractivity contribution >= 4 is 15.7 Å². The predicted octanol–water partition coefficient (Wildman–Crippen LogP) is 2.33. The minimum atomic E-state index is -4.58.